The lowest BCUT2D eigenvalue weighted by molar-refractivity contribution is -0.120. The fourth-order valence-corrected chi connectivity index (χ4v) is 7.38. The molecule has 2 aliphatic heterocycles. The van der Waals surface area contributed by atoms with E-state index in [9.17, 15) is 19.2 Å². The number of likely N-dealkylation sites (tertiary alicyclic amines) is 2. The zero-order valence-electron chi connectivity index (χ0n) is 26.1. The van der Waals surface area contributed by atoms with E-state index in [0.29, 0.717) is 48.4 Å². The van der Waals surface area contributed by atoms with Crippen molar-refractivity contribution < 1.29 is 19.2 Å². The van der Waals surface area contributed by atoms with Crippen LogP contribution in [0.3, 0.4) is 0 Å². The number of halogens is 2. The third-order valence-electron chi connectivity index (χ3n) is 8.67. The molecular formula is C38H34I2N4O4. The van der Waals surface area contributed by atoms with Gasteiger partial charge in [-0.3, -0.25) is 19.2 Å². The quantitative estimate of drug-likeness (QED) is 0.141. The molecule has 0 radical (unpaired) electrons. The fraction of sp³-hybridized carbons (Fsp3) is 0.211. The number of anilines is 2. The predicted molar refractivity (Wildman–Crippen MR) is 206 cm³/mol. The van der Waals surface area contributed by atoms with E-state index < -0.39 is 12.1 Å². The number of hydrogen-bond acceptors (Lipinski definition) is 4. The molecule has 6 rings (SSSR count). The zero-order chi connectivity index (χ0) is 33.6. The molecule has 0 aliphatic carbocycles. The second-order valence-electron chi connectivity index (χ2n) is 11.8. The van der Waals surface area contributed by atoms with E-state index >= 15 is 0 Å². The maximum atomic E-state index is 13.2. The molecule has 2 heterocycles. The summed E-state index contributed by atoms with van der Waals surface area (Å²) in [5.41, 5.74) is 4.51. The molecule has 8 nitrogen and oxygen atoms in total. The van der Waals surface area contributed by atoms with Gasteiger partial charge in [0.2, 0.25) is 11.8 Å². The van der Waals surface area contributed by atoms with Crippen LogP contribution in [0.15, 0.2) is 97.1 Å². The topological polar surface area (TPSA) is 98.8 Å². The van der Waals surface area contributed by atoms with Crippen molar-refractivity contribution in [3.63, 3.8) is 0 Å². The van der Waals surface area contributed by atoms with Gasteiger partial charge in [-0.25, -0.2) is 0 Å². The summed E-state index contributed by atoms with van der Waals surface area (Å²) in [5, 5.41) is 5.96. The standard InChI is InChI=1S/C38H34I2N4O4/c39-31-9-3-1-7-29(31)37(47)43-23-5-11-33(43)35(45)41-27-19-15-25(16-20-27)13-14-26-17-21-28(22-18-26)42-36(46)34-12-6-24-44(34)38(48)30-8-2-4-10-32(30)40/h1-4,7-10,13-22,33-34H,5-6,11-12,23-24H2,(H,41,45)(H,42,46)/b14-13+/t33-,34-/m0/s1. The third-order valence-corrected chi connectivity index (χ3v) is 10.5. The molecule has 2 aliphatic rings. The molecule has 2 saturated heterocycles. The molecule has 2 N–H and O–H groups in total. The summed E-state index contributed by atoms with van der Waals surface area (Å²) in [7, 11) is 0. The highest BCUT2D eigenvalue weighted by Crippen LogP contribution is 2.26. The van der Waals surface area contributed by atoms with E-state index in [2.05, 4.69) is 55.8 Å². The smallest absolute Gasteiger partial charge is 0.255 e. The largest absolute Gasteiger partial charge is 0.327 e. The Morgan fingerprint density at radius 1 is 0.562 bits per heavy atom. The van der Waals surface area contributed by atoms with Gasteiger partial charge in [0.15, 0.2) is 0 Å². The highest BCUT2D eigenvalue weighted by Gasteiger charge is 2.36. The molecule has 0 unspecified atom stereocenters. The summed E-state index contributed by atoms with van der Waals surface area (Å²) >= 11 is 4.31. The lowest BCUT2D eigenvalue weighted by Gasteiger charge is -2.24. The predicted octanol–water partition coefficient (Wildman–Crippen LogP) is 7.55. The van der Waals surface area contributed by atoms with Crippen LogP contribution in [0.1, 0.15) is 57.5 Å². The van der Waals surface area contributed by atoms with Crippen LogP contribution < -0.4 is 10.6 Å². The Hall–Kier alpha value is -4.04. The third kappa shape index (κ3) is 7.81. The van der Waals surface area contributed by atoms with Crippen LogP contribution in [-0.2, 0) is 9.59 Å². The monoisotopic (exact) mass is 864 g/mol. The highest BCUT2D eigenvalue weighted by atomic mass is 127. The van der Waals surface area contributed by atoms with E-state index in [1.165, 1.54) is 0 Å². The summed E-state index contributed by atoms with van der Waals surface area (Å²) in [5.74, 6) is -0.584. The number of benzene rings is 4. The second kappa shape index (κ2) is 15.5. The summed E-state index contributed by atoms with van der Waals surface area (Å²) in [6.07, 6.45) is 6.81. The molecule has 0 bridgehead atoms. The van der Waals surface area contributed by atoms with Gasteiger partial charge in [0, 0.05) is 31.6 Å². The summed E-state index contributed by atoms with van der Waals surface area (Å²) < 4.78 is 1.74. The van der Waals surface area contributed by atoms with Crippen molar-refractivity contribution in [3.8, 4) is 0 Å². The van der Waals surface area contributed by atoms with E-state index in [1.54, 1.807) is 21.9 Å². The second-order valence-corrected chi connectivity index (χ2v) is 14.2. The van der Waals surface area contributed by atoms with Crippen LogP contribution in [0, 0.1) is 7.14 Å². The Morgan fingerprint density at radius 2 is 0.938 bits per heavy atom. The van der Waals surface area contributed by atoms with Crippen LogP contribution in [0.5, 0.6) is 0 Å². The molecule has 4 aromatic rings. The molecule has 48 heavy (non-hydrogen) atoms. The van der Waals surface area contributed by atoms with Crippen molar-refractivity contribution in [2.75, 3.05) is 23.7 Å². The SMILES string of the molecule is O=C(Nc1ccc(/C=C/c2ccc(NC(=O)[C@@H]3CCCN3C(=O)c3ccccc3I)cc2)cc1)[C@@H]1CCCN1C(=O)c1ccccc1I. The molecular weight excluding hydrogens is 830 g/mol. The van der Waals surface area contributed by atoms with E-state index in [-0.39, 0.29) is 23.6 Å². The van der Waals surface area contributed by atoms with E-state index in [4.69, 9.17) is 0 Å². The van der Waals surface area contributed by atoms with Crippen LogP contribution in [-0.4, -0.2) is 58.6 Å². The van der Waals surface area contributed by atoms with E-state index in [1.807, 2.05) is 97.1 Å². The maximum absolute atomic E-state index is 13.2. The fourth-order valence-electron chi connectivity index (χ4n) is 6.14. The van der Waals surface area contributed by atoms with Gasteiger partial charge in [-0.05, 0) is 131 Å². The molecule has 4 amide bonds. The van der Waals surface area contributed by atoms with Gasteiger partial charge >= 0.3 is 0 Å². The average molecular weight is 865 g/mol. The zero-order valence-corrected chi connectivity index (χ0v) is 30.4. The lowest BCUT2D eigenvalue weighted by Crippen LogP contribution is -2.43. The van der Waals surface area contributed by atoms with Crippen molar-refractivity contribution in [3.05, 3.63) is 126 Å². The first kappa shape index (κ1) is 33.8. The number of carbonyl (C=O) groups is 4. The first-order valence-electron chi connectivity index (χ1n) is 15.9. The van der Waals surface area contributed by atoms with E-state index in [0.717, 1.165) is 31.1 Å². The van der Waals surface area contributed by atoms with Crippen molar-refractivity contribution >= 4 is 92.3 Å². The Bertz CT molecular complexity index is 1720. The van der Waals surface area contributed by atoms with Crippen molar-refractivity contribution in [2.24, 2.45) is 0 Å². The van der Waals surface area contributed by atoms with Gasteiger partial charge in [0.05, 0.1) is 11.1 Å². The minimum Gasteiger partial charge on any atom is -0.327 e. The first-order chi connectivity index (χ1) is 23.3. The number of amides is 4. The maximum Gasteiger partial charge on any atom is 0.255 e. The summed E-state index contributed by atoms with van der Waals surface area (Å²) in [4.78, 5) is 56.0. The molecule has 0 saturated carbocycles. The number of nitrogens with one attached hydrogen (secondary N) is 2. The minimum atomic E-state index is -0.501. The Balaban J connectivity index is 1.02. The molecule has 2 fully saturated rings. The van der Waals surface area contributed by atoms with Crippen LogP contribution in [0.4, 0.5) is 11.4 Å². The van der Waals surface area contributed by atoms with Crippen LogP contribution in [0.2, 0.25) is 0 Å². The molecule has 2 atom stereocenters. The van der Waals surface area contributed by atoms with Crippen molar-refractivity contribution in [2.45, 2.75) is 37.8 Å². The van der Waals surface area contributed by atoms with Crippen molar-refractivity contribution in [1.82, 2.24) is 9.80 Å². The van der Waals surface area contributed by atoms with Gasteiger partial charge in [-0.1, -0.05) is 60.7 Å². The lowest BCUT2D eigenvalue weighted by atomic mass is 10.1. The first-order valence-corrected chi connectivity index (χ1v) is 18.0. The molecule has 4 aromatic carbocycles. The normalized spacial score (nSPS) is 17.5. The summed E-state index contributed by atoms with van der Waals surface area (Å²) in [6, 6.07) is 29.0. The Kier molecular flexibility index (Phi) is 10.9. The van der Waals surface area contributed by atoms with Gasteiger partial charge in [0.25, 0.3) is 11.8 Å². The molecule has 0 aromatic heterocycles. The number of rotatable bonds is 8. The van der Waals surface area contributed by atoms with Crippen LogP contribution >= 0.6 is 45.2 Å². The minimum absolute atomic E-state index is 0.112. The molecule has 0 spiro atoms. The van der Waals surface area contributed by atoms with Gasteiger partial charge in [-0.15, -0.1) is 0 Å². The molecule has 10 heteroatoms. The average Bonchev–Trinajstić information content (AvgIpc) is 3.80. The Labute approximate surface area is 307 Å². The molecule has 244 valence electrons. The number of nitrogens with zero attached hydrogens (tertiary/aromatic N) is 2. The highest BCUT2D eigenvalue weighted by molar-refractivity contribution is 14.1. The van der Waals surface area contributed by atoms with Crippen molar-refractivity contribution in [1.29, 1.82) is 0 Å². The van der Waals surface area contributed by atoms with Gasteiger partial charge in [0.1, 0.15) is 12.1 Å². The Morgan fingerprint density at radius 3 is 1.31 bits per heavy atom. The van der Waals surface area contributed by atoms with Gasteiger partial charge in [-0.2, -0.15) is 0 Å². The van der Waals surface area contributed by atoms with Gasteiger partial charge < -0.3 is 20.4 Å². The number of carbonyl (C=O) groups excluding carboxylic acids is 4. The van der Waals surface area contributed by atoms with Crippen LogP contribution in [0.25, 0.3) is 12.2 Å². The number of hydrogen-bond donors (Lipinski definition) is 2. The summed E-state index contributed by atoms with van der Waals surface area (Å²) in [6.45, 7) is 1.13.